The lowest BCUT2D eigenvalue weighted by Crippen LogP contribution is -2.30. The molecule has 44 heavy (non-hydrogen) atoms. The van der Waals surface area contributed by atoms with Crippen LogP contribution in [-0.4, -0.2) is 62.2 Å². The van der Waals surface area contributed by atoms with E-state index in [0.29, 0.717) is 50.0 Å². The standard InChI is InChI=1S/C32H36O12/c1-3-39-29(35)31(37)41-19-17-21-5-13-25(14-6-21)43-27(33)23-9-11-24(12-10-23)28(34)44-26-15-7-22(8-16-26)18-20-42-32(38)30(36)40-4-2/h5-8,13-16,23-24H,3-4,9-12,17-20H2,1-2H3. The molecule has 1 saturated carbocycles. The fourth-order valence-electron chi connectivity index (χ4n) is 4.43. The maximum atomic E-state index is 12.7. The first-order valence-corrected chi connectivity index (χ1v) is 14.5. The normalized spacial score (nSPS) is 15.8. The summed E-state index contributed by atoms with van der Waals surface area (Å²) >= 11 is 0. The summed E-state index contributed by atoms with van der Waals surface area (Å²) in [6, 6.07) is 13.5. The smallest absolute Gasteiger partial charge is 0.417 e. The molecular formula is C32H36O12. The molecule has 1 aliphatic carbocycles. The highest BCUT2D eigenvalue weighted by atomic mass is 16.6. The Morgan fingerprint density at radius 1 is 0.523 bits per heavy atom. The average Bonchev–Trinajstić information content (AvgIpc) is 3.02. The van der Waals surface area contributed by atoms with Gasteiger partial charge in [0, 0.05) is 12.8 Å². The molecule has 12 nitrogen and oxygen atoms in total. The highest BCUT2D eigenvalue weighted by Crippen LogP contribution is 2.31. The molecule has 1 aliphatic rings. The van der Waals surface area contributed by atoms with E-state index in [0.717, 1.165) is 11.1 Å². The predicted octanol–water partition coefficient (Wildman–Crippen LogP) is 3.30. The van der Waals surface area contributed by atoms with Gasteiger partial charge in [0.15, 0.2) is 0 Å². The molecule has 0 bridgehead atoms. The summed E-state index contributed by atoms with van der Waals surface area (Å²) in [7, 11) is 0. The van der Waals surface area contributed by atoms with Crippen molar-refractivity contribution in [3.8, 4) is 11.5 Å². The van der Waals surface area contributed by atoms with E-state index >= 15 is 0 Å². The van der Waals surface area contributed by atoms with Gasteiger partial charge in [0.25, 0.3) is 0 Å². The van der Waals surface area contributed by atoms with E-state index in [1.165, 1.54) is 0 Å². The molecule has 0 N–H and O–H groups in total. The highest BCUT2D eigenvalue weighted by Gasteiger charge is 2.32. The van der Waals surface area contributed by atoms with E-state index in [4.69, 9.17) is 18.9 Å². The van der Waals surface area contributed by atoms with Gasteiger partial charge in [0.1, 0.15) is 11.5 Å². The fraction of sp³-hybridized carbons (Fsp3) is 0.438. The Morgan fingerprint density at radius 3 is 1.16 bits per heavy atom. The number of hydrogen-bond donors (Lipinski definition) is 0. The van der Waals surface area contributed by atoms with Crippen molar-refractivity contribution >= 4 is 35.8 Å². The zero-order valence-electron chi connectivity index (χ0n) is 24.7. The predicted molar refractivity (Wildman–Crippen MR) is 152 cm³/mol. The highest BCUT2D eigenvalue weighted by molar-refractivity contribution is 6.30. The van der Waals surface area contributed by atoms with Gasteiger partial charge in [-0.1, -0.05) is 24.3 Å². The van der Waals surface area contributed by atoms with E-state index < -0.39 is 23.9 Å². The lowest BCUT2D eigenvalue weighted by atomic mass is 9.82. The molecule has 0 atom stereocenters. The van der Waals surface area contributed by atoms with Crippen molar-refractivity contribution in [1.82, 2.24) is 0 Å². The minimum absolute atomic E-state index is 0.00613. The number of hydrogen-bond acceptors (Lipinski definition) is 12. The zero-order valence-corrected chi connectivity index (χ0v) is 24.7. The summed E-state index contributed by atoms with van der Waals surface area (Å²) in [6.07, 6.45) is 2.72. The molecule has 0 unspecified atom stereocenters. The monoisotopic (exact) mass is 612 g/mol. The van der Waals surface area contributed by atoms with Crippen LogP contribution in [0.25, 0.3) is 0 Å². The van der Waals surface area contributed by atoms with Crippen LogP contribution >= 0.6 is 0 Å². The molecule has 0 saturated heterocycles. The number of esters is 6. The van der Waals surface area contributed by atoms with Crippen molar-refractivity contribution < 1.29 is 57.2 Å². The molecule has 0 spiro atoms. The van der Waals surface area contributed by atoms with E-state index in [1.807, 2.05) is 0 Å². The van der Waals surface area contributed by atoms with Crippen LogP contribution < -0.4 is 9.47 Å². The molecule has 2 aromatic rings. The number of ether oxygens (including phenoxy) is 6. The summed E-state index contributed by atoms with van der Waals surface area (Å²) in [6.45, 7) is 3.37. The summed E-state index contributed by atoms with van der Waals surface area (Å²) < 4.78 is 29.9. The van der Waals surface area contributed by atoms with Crippen LogP contribution in [0.4, 0.5) is 0 Å². The van der Waals surface area contributed by atoms with Crippen molar-refractivity contribution in [3.63, 3.8) is 0 Å². The van der Waals surface area contributed by atoms with E-state index in [2.05, 4.69) is 9.47 Å². The van der Waals surface area contributed by atoms with Crippen molar-refractivity contribution in [2.24, 2.45) is 11.8 Å². The maximum Gasteiger partial charge on any atom is 0.417 e. The molecule has 0 aromatic heterocycles. The van der Waals surface area contributed by atoms with Crippen LogP contribution in [0.1, 0.15) is 50.7 Å². The van der Waals surface area contributed by atoms with Crippen LogP contribution in [0.2, 0.25) is 0 Å². The Bertz CT molecular complexity index is 1190. The molecule has 0 aliphatic heterocycles. The lowest BCUT2D eigenvalue weighted by molar-refractivity contribution is -0.167. The van der Waals surface area contributed by atoms with Gasteiger partial charge in [-0.3, -0.25) is 9.59 Å². The largest absolute Gasteiger partial charge is 0.458 e. The van der Waals surface area contributed by atoms with Gasteiger partial charge in [-0.05, 0) is 74.9 Å². The second-order valence-corrected chi connectivity index (χ2v) is 9.89. The second-order valence-electron chi connectivity index (χ2n) is 9.89. The number of benzene rings is 2. The van der Waals surface area contributed by atoms with Crippen LogP contribution in [0.5, 0.6) is 11.5 Å². The third-order valence-electron chi connectivity index (χ3n) is 6.81. The van der Waals surface area contributed by atoms with Crippen molar-refractivity contribution in [2.45, 2.75) is 52.4 Å². The summed E-state index contributed by atoms with van der Waals surface area (Å²) in [5, 5.41) is 0. The second kappa shape index (κ2) is 17.4. The minimum atomic E-state index is -1.04. The minimum Gasteiger partial charge on any atom is -0.458 e. The average molecular weight is 613 g/mol. The molecule has 12 heteroatoms. The van der Waals surface area contributed by atoms with Gasteiger partial charge in [0.2, 0.25) is 0 Å². The van der Waals surface area contributed by atoms with Crippen LogP contribution in [0.15, 0.2) is 48.5 Å². The number of carbonyl (C=O) groups excluding carboxylic acids is 6. The zero-order chi connectivity index (χ0) is 31.9. The Labute approximate surface area is 254 Å². The van der Waals surface area contributed by atoms with Crippen molar-refractivity contribution in [3.05, 3.63) is 59.7 Å². The molecule has 1 fully saturated rings. The van der Waals surface area contributed by atoms with Gasteiger partial charge in [0.05, 0.1) is 38.3 Å². The van der Waals surface area contributed by atoms with E-state index in [9.17, 15) is 28.8 Å². The Hall–Kier alpha value is -4.74. The first-order chi connectivity index (χ1) is 21.2. The molecule has 0 amide bonds. The van der Waals surface area contributed by atoms with Crippen LogP contribution in [0, 0.1) is 11.8 Å². The molecule has 3 rings (SSSR count). The van der Waals surface area contributed by atoms with Crippen molar-refractivity contribution in [2.75, 3.05) is 26.4 Å². The van der Waals surface area contributed by atoms with Gasteiger partial charge in [-0.25, -0.2) is 19.2 Å². The third-order valence-corrected chi connectivity index (χ3v) is 6.81. The summed E-state index contributed by atoms with van der Waals surface area (Å²) in [4.78, 5) is 70.9. The van der Waals surface area contributed by atoms with Gasteiger partial charge >= 0.3 is 35.8 Å². The van der Waals surface area contributed by atoms with Gasteiger partial charge in [-0.15, -0.1) is 0 Å². The Morgan fingerprint density at radius 2 is 0.841 bits per heavy atom. The molecular weight excluding hydrogens is 576 g/mol. The molecule has 236 valence electrons. The molecule has 0 radical (unpaired) electrons. The summed E-state index contributed by atoms with van der Waals surface area (Å²) in [5.74, 6) is -4.77. The van der Waals surface area contributed by atoms with E-state index in [1.54, 1.807) is 62.4 Å². The quantitative estimate of drug-likeness (QED) is 0.149. The van der Waals surface area contributed by atoms with Gasteiger partial charge in [-0.2, -0.15) is 0 Å². The van der Waals surface area contributed by atoms with Crippen LogP contribution in [0.3, 0.4) is 0 Å². The Kier molecular flexibility index (Phi) is 13.3. The number of rotatable bonds is 12. The van der Waals surface area contributed by atoms with Gasteiger partial charge < -0.3 is 28.4 Å². The first kappa shape index (κ1) is 33.8. The SMILES string of the molecule is CCOC(=O)C(=O)OCCc1ccc(OC(=O)C2CCC(C(=O)Oc3ccc(CCOC(=O)C(=O)OCC)cc3)CC2)cc1. The topological polar surface area (TPSA) is 158 Å². The summed E-state index contributed by atoms with van der Waals surface area (Å²) in [5.41, 5.74) is 1.65. The van der Waals surface area contributed by atoms with Crippen LogP contribution in [-0.2, 0) is 60.6 Å². The Balaban J connectivity index is 1.35. The first-order valence-electron chi connectivity index (χ1n) is 14.5. The maximum absolute atomic E-state index is 12.7. The third kappa shape index (κ3) is 10.8. The van der Waals surface area contributed by atoms with E-state index in [-0.39, 0.29) is 50.2 Å². The molecule has 0 heterocycles. The van der Waals surface area contributed by atoms with Crippen molar-refractivity contribution in [1.29, 1.82) is 0 Å². The fourth-order valence-corrected chi connectivity index (χ4v) is 4.43. The number of carbonyl (C=O) groups is 6. The molecule has 2 aromatic carbocycles. The lowest BCUT2D eigenvalue weighted by Gasteiger charge is -2.25.